The third-order valence-corrected chi connectivity index (χ3v) is 5.94. The number of nitrogens with one attached hydrogen (secondary N) is 1. The Kier molecular flexibility index (Phi) is 5.53. The number of aromatic nitrogens is 4. The Hall–Kier alpha value is -2.53. The second kappa shape index (κ2) is 8.23. The summed E-state index contributed by atoms with van der Waals surface area (Å²) in [6.07, 6.45) is 7.79. The van der Waals surface area contributed by atoms with E-state index in [9.17, 15) is 4.79 Å². The smallest absolute Gasteiger partial charge is 0.135 e. The molecule has 4 rings (SSSR count). The number of carbonyl (C=O) groups excluding carboxylic acids is 1. The van der Waals surface area contributed by atoms with Crippen LogP contribution in [-0.2, 0) is 4.79 Å². The van der Waals surface area contributed by atoms with Crippen LogP contribution in [0.25, 0.3) is 22.5 Å². The van der Waals surface area contributed by atoms with Crippen LogP contribution in [0.5, 0.6) is 0 Å². The fraction of sp³-hybridized carbons (Fsp3) is 0.364. The molecule has 0 amide bonds. The van der Waals surface area contributed by atoms with E-state index in [4.69, 9.17) is 11.6 Å². The van der Waals surface area contributed by atoms with Crippen LogP contribution < -0.4 is 0 Å². The first-order valence-electron chi connectivity index (χ1n) is 9.80. The number of nitrogens with zero attached hydrogens (tertiary/aromatic N) is 3. The number of halogens is 1. The van der Waals surface area contributed by atoms with Crippen LogP contribution in [-0.4, -0.2) is 25.9 Å². The molecule has 6 heteroatoms. The van der Waals surface area contributed by atoms with Crippen LogP contribution in [0.3, 0.4) is 0 Å². The molecule has 0 atom stereocenters. The number of hydrogen-bond acceptors (Lipinski definition) is 4. The topological polar surface area (TPSA) is 71.5 Å². The van der Waals surface area contributed by atoms with Crippen LogP contribution in [0.2, 0.25) is 5.02 Å². The highest BCUT2D eigenvalue weighted by Gasteiger charge is 2.30. The largest absolute Gasteiger partial charge is 0.299 e. The zero-order chi connectivity index (χ0) is 19.5. The van der Waals surface area contributed by atoms with Crippen molar-refractivity contribution in [1.29, 1.82) is 0 Å². The molecule has 2 aromatic heterocycles. The molecule has 28 heavy (non-hydrogen) atoms. The van der Waals surface area contributed by atoms with Crippen molar-refractivity contribution in [3.05, 3.63) is 53.6 Å². The Morgan fingerprint density at radius 3 is 2.54 bits per heavy atom. The normalized spacial score (nSPS) is 19.5. The third kappa shape index (κ3) is 3.72. The van der Waals surface area contributed by atoms with Gasteiger partial charge in [0.1, 0.15) is 17.8 Å². The van der Waals surface area contributed by atoms with Crippen molar-refractivity contribution in [3.63, 3.8) is 0 Å². The van der Waals surface area contributed by atoms with Gasteiger partial charge in [-0.05, 0) is 43.9 Å². The van der Waals surface area contributed by atoms with Crippen LogP contribution in [0, 0.1) is 5.92 Å². The van der Waals surface area contributed by atoms with Gasteiger partial charge in [-0.2, -0.15) is 5.10 Å². The molecule has 2 heterocycles. The molecule has 0 unspecified atom stereocenters. The van der Waals surface area contributed by atoms with Gasteiger partial charge in [0.05, 0.1) is 5.69 Å². The maximum absolute atomic E-state index is 12.1. The Morgan fingerprint density at radius 1 is 1.14 bits per heavy atom. The van der Waals surface area contributed by atoms with Gasteiger partial charge >= 0.3 is 0 Å². The highest BCUT2D eigenvalue weighted by molar-refractivity contribution is 6.30. The molecule has 0 radical (unpaired) electrons. The van der Waals surface area contributed by atoms with E-state index >= 15 is 0 Å². The zero-order valence-corrected chi connectivity index (χ0v) is 16.6. The van der Waals surface area contributed by atoms with E-state index in [1.807, 2.05) is 37.3 Å². The lowest BCUT2D eigenvalue weighted by molar-refractivity contribution is -0.123. The minimum absolute atomic E-state index is 0.211. The molecule has 0 aliphatic heterocycles. The molecular formula is C22H23ClN4O. The molecule has 1 saturated carbocycles. The third-order valence-electron chi connectivity index (χ3n) is 5.69. The fourth-order valence-corrected chi connectivity index (χ4v) is 4.28. The van der Waals surface area contributed by atoms with Gasteiger partial charge in [-0.25, -0.2) is 9.97 Å². The molecule has 1 fully saturated rings. The summed E-state index contributed by atoms with van der Waals surface area (Å²) in [4.78, 5) is 20.6. The molecule has 0 spiro atoms. The van der Waals surface area contributed by atoms with Gasteiger partial charge in [0.15, 0.2) is 0 Å². The number of rotatable bonds is 5. The number of carbonyl (C=O) groups is 1. The van der Waals surface area contributed by atoms with Crippen molar-refractivity contribution in [1.82, 2.24) is 20.2 Å². The predicted octanol–water partition coefficient (Wildman–Crippen LogP) is 5.44. The van der Waals surface area contributed by atoms with Crippen molar-refractivity contribution in [3.8, 4) is 22.5 Å². The summed E-state index contributed by atoms with van der Waals surface area (Å²) in [5.74, 6) is 0.947. The van der Waals surface area contributed by atoms with Crippen LogP contribution in [0.4, 0.5) is 0 Å². The standard InChI is InChI=1S/C22H23ClN4O/c1-2-19(28)14-3-5-15(6-4-14)21-20(18-11-12-24-13-25-18)22(27-26-21)16-7-9-17(23)10-8-16/h7-15H,2-6H2,1H3,(H,26,27). The van der Waals surface area contributed by atoms with Crippen LogP contribution in [0.1, 0.15) is 50.6 Å². The predicted molar refractivity (Wildman–Crippen MR) is 110 cm³/mol. The van der Waals surface area contributed by atoms with Gasteiger partial charge in [0.25, 0.3) is 0 Å². The van der Waals surface area contributed by atoms with Crippen molar-refractivity contribution in [2.75, 3.05) is 0 Å². The number of H-pyrrole nitrogens is 1. The second-order valence-corrected chi connectivity index (χ2v) is 7.77. The minimum atomic E-state index is 0.211. The molecule has 144 valence electrons. The van der Waals surface area contributed by atoms with Crippen molar-refractivity contribution >= 4 is 17.4 Å². The molecule has 1 aliphatic rings. The highest BCUT2D eigenvalue weighted by Crippen LogP contribution is 2.42. The van der Waals surface area contributed by atoms with Crippen LogP contribution in [0.15, 0.2) is 42.9 Å². The summed E-state index contributed by atoms with van der Waals surface area (Å²) >= 11 is 6.06. The summed E-state index contributed by atoms with van der Waals surface area (Å²) in [6.45, 7) is 1.95. The molecule has 1 aromatic carbocycles. The minimum Gasteiger partial charge on any atom is -0.299 e. The first-order valence-corrected chi connectivity index (χ1v) is 10.2. The average Bonchev–Trinajstić information content (AvgIpc) is 3.19. The van der Waals surface area contributed by atoms with Gasteiger partial charge in [-0.3, -0.25) is 9.89 Å². The Labute approximate surface area is 169 Å². The van der Waals surface area contributed by atoms with Gasteiger partial charge in [0.2, 0.25) is 0 Å². The lowest BCUT2D eigenvalue weighted by Gasteiger charge is -2.27. The number of benzene rings is 1. The quantitative estimate of drug-likeness (QED) is 0.625. The summed E-state index contributed by atoms with van der Waals surface area (Å²) < 4.78 is 0. The first-order chi connectivity index (χ1) is 13.7. The van der Waals surface area contributed by atoms with E-state index in [1.165, 1.54) is 0 Å². The van der Waals surface area contributed by atoms with Crippen LogP contribution >= 0.6 is 11.6 Å². The zero-order valence-electron chi connectivity index (χ0n) is 15.9. The maximum atomic E-state index is 12.1. The van der Waals surface area contributed by atoms with Gasteiger partial charge in [0, 0.05) is 46.3 Å². The van der Waals surface area contributed by atoms with E-state index in [0.717, 1.165) is 53.9 Å². The highest BCUT2D eigenvalue weighted by atomic mass is 35.5. The summed E-state index contributed by atoms with van der Waals surface area (Å²) in [6, 6.07) is 9.61. The van der Waals surface area contributed by atoms with E-state index in [0.29, 0.717) is 23.1 Å². The first kappa shape index (κ1) is 18.8. The monoisotopic (exact) mass is 394 g/mol. The number of Topliss-reactive ketones (excluding diaryl/α,β-unsaturated/α-hetero) is 1. The van der Waals surface area contributed by atoms with Crippen molar-refractivity contribution < 1.29 is 4.79 Å². The lowest BCUT2D eigenvalue weighted by atomic mass is 9.77. The van der Waals surface area contributed by atoms with Gasteiger partial charge in [-0.15, -0.1) is 0 Å². The number of ketones is 1. The average molecular weight is 395 g/mol. The van der Waals surface area contributed by atoms with Gasteiger partial charge in [-0.1, -0.05) is 30.7 Å². The van der Waals surface area contributed by atoms with E-state index in [1.54, 1.807) is 12.5 Å². The Bertz CT molecular complexity index is 944. The van der Waals surface area contributed by atoms with E-state index in [-0.39, 0.29) is 5.92 Å². The van der Waals surface area contributed by atoms with Crippen molar-refractivity contribution in [2.24, 2.45) is 5.92 Å². The lowest BCUT2D eigenvalue weighted by Crippen LogP contribution is -2.21. The Balaban J connectivity index is 1.70. The Morgan fingerprint density at radius 2 is 1.89 bits per heavy atom. The molecule has 1 N–H and O–H groups in total. The van der Waals surface area contributed by atoms with Crippen molar-refractivity contribution in [2.45, 2.75) is 44.9 Å². The summed E-state index contributed by atoms with van der Waals surface area (Å²) in [7, 11) is 0. The SMILES string of the molecule is CCC(=O)C1CCC(c2[nH]nc(-c3ccc(Cl)cc3)c2-c2ccncn2)CC1. The maximum Gasteiger partial charge on any atom is 0.135 e. The fourth-order valence-electron chi connectivity index (χ4n) is 4.16. The molecule has 0 saturated heterocycles. The molecule has 3 aromatic rings. The number of aromatic amines is 1. The van der Waals surface area contributed by atoms with E-state index < -0.39 is 0 Å². The molecule has 5 nitrogen and oxygen atoms in total. The van der Waals surface area contributed by atoms with Gasteiger partial charge < -0.3 is 0 Å². The summed E-state index contributed by atoms with van der Waals surface area (Å²) in [5, 5.41) is 8.62. The number of hydrogen-bond donors (Lipinski definition) is 1. The second-order valence-electron chi connectivity index (χ2n) is 7.33. The summed E-state index contributed by atoms with van der Waals surface area (Å²) in [5.41, 5.74) is 4.85. The molecule has 1 aliphatic carbocycles. The molecule has 0 bridgehead atoms. The molecular weight excluding hydrogens is 372 g/mol. The van der Waals surface area contributed by atoms with E-state index in [2.05, 4.69) is 20.2 Å².